The average molecular weight is 416 g/mol. The largest absolute Gasteiger partial charge is 0.456 e. The van der Waals surface area contributed by atoms with Crippen LogP contribution in [0.4, 0.5) is 14.9 Å². The molecule has 0 saturated heterocycles. The van der Waals surface area contributed by atoms with E-state index >= 15 is 0 Å². The van der Waals surface area contributed by atoms with Crippen LogP contribution >= 0.6 is 11.6 Å². The molecule has 0 saturated carbocycles. The fourth-order valence-electron chi connectivity index (χ4n) is 3.33. The van der Waals surface area contributed by atoms with Crippen LogP contribution in [0.1, 0.15) is 11.6 Å². The first-order valence-electron chi connectivity index (χ1n) is 8.72. The predicted octanol–water partition coefficient (Wildman–Crippen LogP) is 3.00. The molecule has 9 heteroatoms. The zero-order valence-corrected chi connectivity index (χ0v) is 15.7. The summed E-state index contributed by atoms with van der Waals surface area (Å²) in [6.45, 7) is -0.497. The van der Waals surface area contributed by atoms with Gasteiger partial charge in [0.2, 0.25) is 5.91 Å². The quantitative estimate of drug-likeness (QED) is 0.751. The Balaban J connectivity index is 1.61. The number of hydrogen-bond donors (Lipinski definition) is 2. The molecule has 0 spiro atoms. The van der Waals surface area contributed by atoms with Gasteiger partial charge in [-0.1, -0.05) is 35.9 Å². The van der Waals surface area contributed by atoms with Crippen LogP contribution in [0, 0.1) is 5.82 Å². The number of cyclic esters (lactones) is 1. The minimum atomic E-state index is -0.774. The number of benzene rings is 2. The fourth-order valence-corrected chi connectivity index (χ4v) is 3.58. The van der Waals surface area contributed by atoms with Crippen molar-refractivity contribution in [3.05, 3.63) is 76.2 Å². The van der Waals surface area contributed by atoms with Crippen molar-refractivity contribution in [3.63, 3.8) is 0 Å². The highest BCUT2D eigenvalue weighted by molar-refractivity contribution is 6.31. The standard InChI is InChI=1S/C20H15ClFN3O4/c21-14-7-2-1-6-13(14)18-17-15(10-29-19(17)27)25(20(28)24-18)9-16(26)23-12-5-3-4-11(22)8-12/h1-8,18H,9-10H2,(H,23,26)(H,24,28)/t18-/m1/s1. The van der Waals surface area contributed by atoms with Gasteiger partial charge in [0, 0.05) is 10.7 Å². The molecule has 0 radical (unpaired) electrons. The van der Waals surface area contributed by atoms with Crippen molar-refractivity contribution in [3.8, 4) is 0 Å². The maximum Gasteiger partial charge on any atom is 0.338 e. The molecule has 0 fully saturated rings. The zero-order chi connectivity index (χ0) is 20.5. The third-order valence-corrected chi connectivity index (χ3v) is 4.97. The molecule has 2 aliphatic heterocycles. The first-order chi connectivity index (χ1) is 13.9. The molecule has 4 rings (SSSR count). The fraction of sp³-hybridized carbons (Fsp3) is 0.150. The summed E-state index contributed by atoms with van der Waals surface area (Å²) < 4.78 is 18.4. The number of carbonyl (C=O) groups excluding carboxylic acids is 3. The molecule has 2 aromatic rings. The number of carbonyl (C=O) groups is 3. The summed E-state index contributed by atoms with van der Waals surface area (Å²) >= 11 is 6.23. The molecule has 2 N–H and O–H groups in total. The summed E-state index contributed by atoms with van der Waals surface area (Å²) in [6.07, 6.45) is 0. The van der Waals surface area contributed by atoms with Gasteiger partial charge in [0.25, 0.3) is 0 Å². The molecule has 29 heavy (non-hydrogen) atoms. The number of amides is 3. The minimum absolute atomic E-state index is 0.129. The van der Waals surface area contributed by atoms with Crippen LogP contribution in [0.5, 0.6) is 0 Å². The van der Waals surface area contributed by atoms with Crippen molar-refractivity contribution in [1.29, 1.82) is 0 Å². The normalized spacial score (nSPS) is 18.3. The van der Waals surface area contributed by atoms with Crippen molar-refractivity contribution in [1.82, 2.24) is 10.2 Å². The number of urea groups is 1. The first-order valence-corrected chi connectivity index (χ1v) is 9.10. The summed E-state index contributed by atoms with van der Waals surface area (Å²) in [5.41, 5.74) is 1.35. The highest BCUT2D eigenvalue weighted by atomic mass is 35.5. The highest BCUT2D eigenvalue weighted by Crippen LogP contribution is 2.37. The van der Waals surface area contributed by atoms with E-state index in [0.717, 1.165) is 11.0 Å². The molecule has 2 heterocycles. The Morgan fingerprint density at radius 3 is 2.79 bits per heavy atom. The summed E-state index contributed by atoms with van der Waals surface area (Å²) in [5.74, 6) is -1.63. The van der Waals surface area contributed by atoms with E-state index in [-0.39, 0.29) is 24.4 Å². The Kier molecular flexibility index (Phi) is 4.94. The number of esters is 1. The van der Waals surface area contributed by atoms with Crippen molar-refractivity contribution >= 4 is 35.2 Å². The molecule has 0 aliphatic carbocycles. The monoisotopic (exact) mass is 415 g/mol. The SMILES string of the molecule is O=C(CN1C(=O)N[C@H](c2ccccc2Cl)C2=C1COC2=O)Nc1cccc(F)c1. The van der Waals surface area contributed by atoms with Crippen molar-refractivity contribution in [2.24, 2.45) is 0 Å². The van der Waals surface area contributed by atoms with Crippen LogP contribution in [0.2, 0.25) is 5.02 Å². The molecule has 3 amide bonds. The van der Waals surface area contributed by atoms with Crippen LogP contribution < -0.4 is 10.6 Å². The molecule has 1 atom stereocenters. The molecule has 0 bridgehead atoms. The summed E-state index contributed by atoms with van der Waals surface area (Å²) in [4.78, 5) is 38.6. The van der Waals surface area contributed by atoms with E-state index in [9.17, 15) is 18.8 Å². The Morgan fingerprint density at radius 1 is 1.24 bits per heavy atom. The molecular formula is C20H15ClFN3O4. The maximum atomic E-state index is 13.3. The van der Waals surface area contributed by atoms with Gasteiger partial charge in [0.1, 0.15) is 19.0 Å². The second kappa shape index (κ2) is 7.56. The van der Waals surface area contributed by atoms with Crippen LogP contribution in [-0.2, 0) is 14.3 Å². The summed E-state index contributed by atoms with van der Waals surface area (Å²) in [7, 11) is 0. The highest BCUT2D eigenvalue weighted by Gasteiger charge is 2.43. The lowest BCUT2D eigenvalue weighted by Crippen LogP contribution is -2.49. The van der Waals surface area contributed by atoms with E-state index in [1.807, 2.05) is 0 Å². The molecule has 2 aliphatic rings. The Hall–Kier alpha value is -3.39. The molecule has 7 nitrogen and oxygen atoms in total. The second-order valence-electron chi connectivity index (χ2n) is 6.49. The molecule has 0 unspecified atom stereocenters. The van der Waals surface area contributed by atoms with Crippen LogP contribution in [0.3, 0.4) is 0 Å². The number of nitrogens with zero attached hydrogens (tertiary/aromatic N) is 1. The van der Waals surface area contributed by atoms with Gasteiger partial charge in [-0.2, -0.15) is 0 Å². The lowest BCUT2D eigenvalue weighted by Gasteiger charge is -2.32. The van der Waals surface area contributed by atoms with Crippen LogP contribution in [-0.4, -0.2) is 36.0 Å². The van der Waals surface area contributed by atoms with E-state index in [0.29, 0.717) is 16.3 Å². The van der Waals surface area contributed by atoms with E-state index < -0.39 is 29.8 Å². The van der Waals surface area contributed by atoms with Crippen LogP contribution in [0.25, 0.3) is 0 Å². The van der Waals surface area contributed by atoms with Crippen molar-refractivity contribution in [2.45, 2.75) is 6.04 Å². The maximum absolute atomic E-state index is 13.3. The van der Waals surface area contributed by atoms with Gasteiger partial charge in [-0.15, -0.1) is 0 Å². The number of anilines is 1. The minimum Gasteiger partial charge on any atom is -0.456 e. The van der Waals surface area contributed by atoms with Gasteiger partial charge < -0.3 is 15.4 Å². The first kappa shape index (κ1) is 18.9. The van der Waals surface area contributed by atoms with Gasteiger partial charge >= 0.3 is 12.0 Å². The molecule has 148 valence electrons. The van der Waals surface area contributed by atoms with Gasteiger partial charge in [0.05, 0.1) is 17.3 Å². The predicted molar refractivity (Wildman–Crippen MR) is 102 cm³/mol. The molecule has 2 aromatic carbocycles. The van der Waals surface area contributed by atoms with Crippen LogP contribution in [0.15, 0.2) is 59.8 Å². The zero-order valence-electron chi connectivity index (χ0n) is 14.9. The number of nitrogens with one attached hydrogen (secondary N) is 2. The third kappa shape index (κ3) is 3.66. The Labute approximate surface area is 170 Å². The van der Waals surface area contributed by atoms with Gasteiger partial charge in [0.15, 0.2) is 0 Å². The average Bonchev–Trinajstić information content (AvgIpc) is 3.06. The lowest BCUT2D eigenvalue weighted by atomic mass is 9.95. The topological polar surface area (TPSA) is 87.7 Å². The van der Waals surface area contributed by atoms with E-state index in [4.69, 9.17) is 16.3 Å². The number of halogens is 2. The molecular weight excluding hydrogens is 401 g/mol. The number of ether oxygens (including phenoxy) is 1. The third-order valence-electron chi connectivity index (χ3n) is 4.62. The molecule has 0 aromatic heterocycles. The lowest BCUT2D eigenvalue weighted by molar-refractivity contribution is -0.136. The van der Waals surface area contributed by atoms with Gasteiger partial charge in [-0.3, -0.25) is 9.69 Å². The second-order valence-corrected chi connectivity index (χ2v) is 6.89. The van der Waals surface area contributed by atoms with Gasteiger partial charge in [-0.05, 0) is 29.8 Å². The van der Waals surface area contributed by atoms with Crippen molar-refractivity contribution in [2.75, 3.05) is 18.5 Å². The smallest absolute Gasteiger partial charge is 0.338 e. The Bertz CT molecular complexity index is 1060. The van der Waals surface area contributed by atoms with E-state index in [1.165, 1.54) is 18.2 Å². The Morgan fingerprint density at radius 2 is 2.03 bits per heavy atom. The number of rotatable bonds is 4. The van der Waals surface area contributed by atoms with E-state index in [1.54, 1.807) is 24.3 Å². The summed E-state index contributed by atoms with van der Waals surface area (Å²) in [5, 5.41) is 5.62. The van der Waals surface area contributed by atoms with Crippen molar-refractivity contribution < 1.29 is 23.5 Å². The summed E-state index contributed by atoms with van der Waals surface area (Å²) in [6, 6.07) is 10.9. The van der Waals surface area contributed by atoms with E-state index in [2.05, 4.69) is 10.6 Å². The number of hydrogen-bond acceptors (Lipinski definition) is 4. The van der Waals surface area contributed by atoms with Gasteiger partial charge in [-0.25, -0.2) is 14.0 Å².